The number of nitrogen functional groups attached to an aromatic ring is 1. The zero-order valence-corrected chi connectivity index (χ0v) is 18.7. The van der Waals surface area contributed by atoms with Gasteiger partial charge in [-0.3, -0.25) is 9.09 Å². The van der Waals surface area contributed by atoms with Gasteiger partial charge in [-0.1, -0.05) is 29.8 Å². The molecule has 0 aliphatic carbocycles. The first-order valence-electron chi connectivity index (χ1n) is 9.93. The molecule has 0 spiro atoms. The quantitative estimate of drug-likeness (QED) is 0.456. The van der Waals surface area contributed by atoms with Crippen molar-refractivity contribution in [2.24, 2.45) is 0 Å². The number of aromatic nitrogens is 4. The van der Waals surface area contributed by atoms with Gasteiger partial charge in [0.05, 0.1) is 19.5 Å². The number of benzene rings is 1. The summed E-state index contributed by atoms with van der Waals surface area (Å²) in [5.74, 6) is 0.207. The van der Waals surface area contributed by atoms with Crippen LogP contribution in [0.25, 0.3) is 11.2 Å². The van der Waals surface area contributed by atoms with E-state index >= 15 is 0 Å². The van der Waals surface area contributed by atoms with Crippen LogP contribution in [0.5, 0.6) is 0 Å². The van der Waals surface area contributed by atoms with Crippen LogP contribution < -0.4 is 5.73 Å². The monoisotopic (exact) mass is 479 g/mol. The van der Waals surface area contributed by atoms with Crippen LogP contribution in [0.4, 0.5) is 5.82 Å². The van der Waals surface area contributed by atoms with Crippen molar-refractivity contribution in [2.45, 2.75) is 37.6 Å². The molecule has 0 radical (unpaired) electrons. The van der Waals surface area contributed by atoms with Crippen molar-refractivity contribution < 1.29 is 28.5 Å². The van der Waals surface area contributed by atoms with Crippen LogP contribution >= 0.6 is 6.72 Å². The average Bonchev–Trinajstić information content (AvgIpc) is 3.45. The van der Waals surface area contributed by atoms with Gasteiger partial charge in [0.25, 0.3) is 0 Å². The normalized spacial score (nSPS) is 32.7. The SMILES string of the molecule is Cc1cccc(C2COP(=S)(OC[C@H]3O[C@@H](n4cnc5c(N)ncnc54)[C@H](O)[C@@H]3O)O2)c1. The number of rotatable bonds is 5. The maximum absolute atomic E-state index is 10.6. The second-order valence-corrected chi connectivity index (χ2v) is 10.6. The second kappa shape index (κ2) is 8.40. The number of aliphatic hydroxyl groups is 2. The summed E-state index contributed by atoms with van der Waals surface area (Å²) < 4.78 is 24.7. The minimum absolute atomic E-state index is 0.115. The predicted molar refractivity (Wildman–Crippen MR) is 117 cm³/mol. The third-order valence-electron chi connectivity index (χ3n) is 5.45. The predicted octanol–water partition coefficient (Wildman–Crippen LogP) is 1.37. The van der Waals surface area contributed by atoms with Crippen LogP contribution in [0.3, 0.4) is 0 Å². The molecule has 2 aromatic heterocycles. The number of anilines is 1. The molecular formula is C19H22N5O6PS. The Bertz CT molecular complexity index is 1190. The Morgan fingerprint density at radius 1 is 1.28 bits per heavy atom. The molecule has 3 aromatic rings. The Hall–Kier alpha value is -2.02. The Labute approximate surface area is 188 Å². The Balaban J connectivity index is 1.26. The summed E-state index contributed by atoms with van der Waals surface area (Å²) in [4.78, 5) is 12.2. The molecule has 4 heterocycles. The van der Waals surface area contributed by atoms with E-state index in [1.807, 2.05) is 31.2 Å². The minimum Gasteiger partial charge on any atom is -0.387 e. The van der Waals surface area contributed by atoms with Gasteiger partial charge in [-0.2, -0.15) is 0 Å². The van der Waals surface area contributed by atoms with E-state index in [9.17, 15) is 10.2 Å². The van der Waals surface area contributed by atoms with E-state index < -0.39 is 31.3 Å². The average molecular weight is 479 g/mol. The van der Waals surface area contributed by atoms with Crippen molar-refractivity contribution >= 4 is 35.5 Å². The molecule has 2 aliphatic heterocycles. The first-order valence-corrected chi connectivity index (χ1v) is 12.5. The van der Waals surface area contributed by atoms with Crippen LogP contribution in [0, 0.1) is 6.92 Å². The fraction of sp³-hybridized carbons (Fsp3) is 0.421. The van der Waals surface area contributed by atoms with Crippen molar-refractivity contribution in [2.75, 3.05) is 18.9 Å². The number of nitrogens with zero attached hydrogens (tertiary/aromatic N) is 4. The third-order valence-corrected chi connectivity index (χ3v) is 7.78. The molecule has 0 saturated carbocycles. The summed E-state index contributed by atoms with van der Waals surface area (Å²) >= 11 is 5.46. The summed E-state index contributed by atoms with van der Waals surface area (Å²) in [5, 5.41) is 21.1. The lowest BCUT2D eigenvalue weighted by atomic mass is 10.1. The molecular weight excluding hydrogens is 457 g/mol. The van der Waals surface area contributed by atoms with E-state index in [2.05, 4.69) is 15.0 Å². The molecule has 2 saturated heterocycles. The first-order chi connectivity index (χ1) is 15.3. The molecule has 2 fully saturated rings. The van der Waals surface area contributed by atoms with E-state index in [0.717, 1.165) is 11.1 Å². The highest BCUT2D eigenvalue weighted by Gasteiger charge is 2.46. The fourth-order valence-corrected chi connectivity index (χ4v) is 5.80. The fourth-order valence-electron chi connectivity index (χ4n) is 3.79. The van der Waals surface area contributed by atoms with Gasteiger partial charge in [0.2, 0.25) is 0 Å². The smallest absolute Gasteiger partial charge is 0.328 e. The molecule has 1 aromatic carbocycles. The van der Waals surface area contributed by atoms with Crippen LogP contribution in [0.2, 0.25) is 0 Å². The van der Waals surface area contributed by atoms with E-state index in [0.29, 0.717) is 11.2 Å². The second-order valence-electron chi connectivity index (χ2n) is 7.68. The molecule has 0 bridgehead atoms. The van der Waals surface area contributed by atoms with E-state index in [-0.39, 0.29) is 25.1 Å². The van der Waals surface area contributed by atoms with Crippen molar-refractivity contribution in [3.63, 3.8) is 0 Å². The summed E-state index contributed by atoms with van der Waals surface area (Å²) in [6.45, 7) is -0.865. The molecule has 2 aliphatic rings. The van der Waals surface area contributed by atoms with Crippen LogP contribution in [0.15, 0.2) is 36.9 Å². The molecule has 2 unspecified atom stereocenters. The van der Waals surface area contributed by atoms with Crippen molar-refractivity contribution in [1.29, 1.82) is 0 Å². The topological polar surface area (TPSA) is 147 Å². The molecule has 170 valence electrons. The minimum atomic E-state index is -3.03. The van der Waals surface area contributed by atoms with E-state index in [4.69, 9.17) is 35.8 Å². The van der Waals surface area contributed by atoms with Crippen molar-refractivity contribution in [3.8, 4) is 0 Å². The highest BCUT2D eigenvalue weighted by molar-refractivity contribution is 8.07. The molecule has 32 heavy (non-hydrogen) atoms. The van der Waals surface area contributed by atoms with Gasteiger partial charge < -0.3 is 29.7 Å². The number of hydrogen-bond donors (Lipinski definition) is 3. The van der Waals surface area contributed by atoms with Crippen LogP contribution in [-0.2, 0) is 30.1 Å². The summed E-state index contributed by atoms with van der Waals surface area (Å²) in [5.41, 5.74) is 8.64. The van der Waals surface area contributed by atoms with Gasteiger partial charge in [-0.05, 0) is 24.3 Å². The molecule has 4 N–H and O–H groups in total. The number of fused-ring (bicyclic) bond motifs is 1. The number of hydrogen-bond acceptors (Lipinski definition) is 11. The Kier molecular flexibility index (Phi) is 5.72. The number of imidazole rings is 1. The lowest BCUT2D eigenvalue weighted by Gasteiger charge is -2.19. The Morgan fingerprint density at radius 2 is 2.12 bits per heavy atom. The summed E-state index contributed by atoms with van der Waals surface area (Å²) in [7, 11) is 0. The molecule has 11 nitrogen and oxygen atoms in total. The highest BCUT2D eigenvalue weighted by Crippen LogP contribution is 2.59. The maximum atomic E-state index is 10.6. The van der Waals surface area contributed by atoms with Crippen LogP contribution in [0.1, 0.15) is 23.5 Å². The number of nitrogens with two attached hydrogens (primary N) is 1. The molecule has 6 atom stereocenters. The number of aliphatic hydroxyl groups excluding tert-OH is 2. The van der Waals surface area contributed by atoms with Gasteiger partial charge in [0.1, 0.15) is 36.3 Å². The standard InChI is InChI=1S/C19H22N5O6PS/c1-10-3-2-4-11(5-10)12-6-27-31(32,30-12)28-7-13-15(25)16(26)19(29-13)24-9-23-14-17(20)21-8-22-18(14)24/h2-5,8-9,12-13,15-16,19,25-26H,6-7H2,1H3,(H2,20,21,22)/t12?,13-,15-,16-,19-,31?/m1/s1. The van der Waals surface area contributed by atoms with Gasteiger partial charge in [0.15, 0.2) is 17.7 Å². The molecule has 5 rings (SSSR count). The third kappa shape index (κ3) is 3.93. The summed E-state index contributed by atoms with van der Waals surface area (Å²) in [6, 6.07) is 7.90. The zero-order chi connectivity index (χ0) is 22.5. The number of ether oxygens (including phenoxy) is 1. The van der Waals surface area contributed by atoms with Crippen molar-refractivity contribution in [3.05, 3.63) is 48.0 Å². The van der Waals surface area contributed by atoms with Crippen molar-refractivity contribution in [1.82, 2.24) is 19.5 Å². The summed E-state index contributed by atoms with van der Waals surface area (Å²) in [6.07, 6.45) is -1.89. The van der Waals surface area contributed by atoms with Gasteiger partial charge in [0, 0.05) is 0 Å². The van der Waals surface area contributed by atoms with E-state index in [1.54, 1.807) is 0 Å². The van der Waals surface area contributed by atoms with Gasteiger partial charge in [-0.25, -0.2) is 15.0 Å². The van der Waals surface area contributed by atoms with Crippen LogP contribution in [-0.4, -0.2) is 61.3 Å². The highest BCUT2D eigenvalue weighted by atomic mass is 32.5. The lowest BCUT2D eigenvalue weighted by Crippen LogP contribution is -2.33. The Morgan fingerprint density at radius 3 is 2.94 bits per heavy atom. The molecule has 13 heteroatoms. The molecule has 0 amide bonds. The van der Waals surface area contributed by atoms with E-state index in [1.165, 1.54) is 17.2 Å². The number of aryl methyl sites for hydroxylation is 1. The maximum Gasteiger partial charge on any atom is 0.328 e. The first kappa shape index (κ1) is 21.8. The largest absolute Gasteiger partial charge is 0.387 e. The zero-order valence-electron chi connectivity index (χ0n) is 17.0. The van der Waals surface area contributed by atoms with Gasteiger partial charge >= 0.3 is 6.72 Å². The van der Waals surface area contributed by atoms with Gasteiger partial charge in [-0.15, -0.1) is 0 Å². The lowest BCUT2D eigenvalue weighted by molar-refractivity contribution is -0.0488.